The summed E-state index contributed by atoms with van der Waals surface area (Å²) >= 11 is 2.31. The molecule has 0 N–H and O–H groups in total. The molecule has 0 saturated heterocycles. The van der Waals surface area contributed by atoms with Gasteiger partial charge in [0.25, 0.3) is 0 Å². The topological polar surface area (TPSA) is 17.1 Å². The van der Waals surface area contributed by atoms with Crippen molar-refractivity contribution in [2.75, 3.05) is 0 Å². The molecule has 5 heteroatoms. The van der Waals surface area contributed by atoms with Gasteiger partial charge in [-0.25, -0.2) is 0 Å². The molecule has 0 heterocycles. The molecule has 0 fully saturated rings. The van der Waals surface area contributed by atoms with Crippen molar-refractivity contribution >= 4 is 37.7 Å². The Morgan fingerprint density at radius 3 is 1.00 bits per heavy atom. The van der Waals surface area contributed by atoms with Gasteiger partial charge in [0, 0.05) is 16.5 Å². The minimum atomic E-state index is 0. The van der Waals surface area contributed by atoms with E-state index in [-0.39, 0.29) is 54.2 Å². The van der Waals surface area contributed by atoms with Crippen LogP contribution in [0.3, 0.4) is 0 Å². The van der Waals surface area contributed by atoms with Crippen LogP contribution in [-0.2, 0) is 36.0 Å². The van der Waals surface area contributed by atoms with E-state index >= 15 is 0 Å². The van der Waals surface area contributed by atoms with Gasteiger partial charge in [-0.3, -0.25) is 0 Å². The fourth-order valence-electron chi connectivity index (χ4n) is 0. The molecular weight excluding hydrogens is 148 g/mol. The van der Waals surface area contributed by atoms with Crippen LogP contribution in [0, 0.1) is 0 Å². The molecule has 0 aromatic carbocycles. The van der Waals surface area contributed by atoms with Crippen LogP contribution in [0.5, 0.6) is 0 Å². The molecule has 0 spiro atoms. The maximum atomic E-state index is 7.94. The summed E-state index contributed by atoms with van der Waals surface area (Å²) in [5.41, 5.74) is 0. The van der Waals surface area contributed by atoms with Crippen molar-refractivity contribution in [2.24, 2.45) is 0 Å². The van der Waals surface area contributed by atoms with Crippen LogP contribution >= 0.6 is 0 Å². The average Bonchev–Trinajstić information content (AvgIpc) is 1.00. The molecule has 0 radical (unpaired) electrons. The number of rotatable bonds is 0. The van der Waals surface area contributed by atoms with Gasteiger partial charge in [0.1, 0.15) is 0 Å². The molecule has 0 aromatic heterocycles. The summed E-state index contributed by atoms with van der Waals surface area (Å²) < 4.78 is 7.94. The Morgan fingerprint density at radius 1 is 1.00 bits per heavy atom. The molecule has 1 nitrogen and oxygen atoms in total. The molecule has 0 rings (SSSR count). The van der Waals surface area contributed by atoms with Gasteiger partial charge in [-0.05, 0) is 0 Å². The van der Waals surface area contributed by atoms with Gasteiger partial charge in [0.15, 0.2) is 0 Å². The zero-order chi connectivity index (χ0) is 2.00. The molecule has 0 saturated carbocycles. The molecule has 0 atom stereocenters. The fraction of sp³-hybridized carbons (Fsp3) is 0. The zero-order valence-corrected chi connectivity index (χ0v) is 3.09. The Bertz CT molecular complexity index is 9.61. The van der Waals surface area contributed by atoms with Crippen LogP contribution in [0.15, 0.2) is 0 Å². The molecule has 0 aliphatic rings. The van der Waals surface area contributed by atoms with Crippen LogP contribution in [-0.4, -0.2) is 37.7 Å². The van der Waals surface area contributed by atoms with E-state index in [0.717, 1.165) is 0 Å². The summed E-state index contributed by atoms with van der Waals surface area (Å²) in [5, 5.41) is 0. The quantitative estimate of drug-likeness (QED) is 0.387. The van der Waals surface area contributed by atoms with Crippen LogP contribution < -0.4 is 0 Å². The third-order valence-electron chi connectivity index (χ3n) is 0. The molecule has 0 aliphatic carbocycles. The van der Waals surface area contributed by atoms with Crippen LogP contribution in [0.2, 0.25) is 0 Å². The minimum absolute atomic E-state index is 0. The Labute approximate surface area is 73.1 Å². The van der Waals surface area contributed by atoms with Gasteiger partial charge in [0.05, 0.1) is 0 Å². The average molecular weight is 150 g/mol. The van der Waals surface area contributed by atoms with E-state index < -0.39 is 0 Å². The third kappa shape index (κ3) is 24.0. The van der Waals surface area contributed by atoms with Crippen molar-refractivity contribution < 1.29 is 36.0 Å². The SMILES string of the molecule is [LiH].[LiH].[Ni].[O]=[Co]. The molecule has 0 amide bonds. The van der Waals surface area contributed by atoms with Crippen molar-refractivity contribution in [3.05, 3.63) is 0 Å². The van der Waals surface area contributed by atoms with Gasteiger partial charge in [-0.2, -0.15) is 0 Å². The second-order valence-corrected chi connectivity index (χ2v) is 0. The van der Waals surface area contributed by atoms with E-state index in [9.17, 15) is 0 Å². The second-order valence-electron chi connectivity index (χ2n) is 0. The number of hydrogen-bond acceptors (Lipinski definition) is 1. The summed E-state index contributed by atoms with van der Waals surface area (Å²) in [7, 11) is 0. The van der Waals surface area contributed by atoms with Crippen molar-refractivity contribution in [2.45, 2.75) is 0 Å². The van der Waals surface area contributed by atoms with E-state index in [1.54, 1.807) is 0 Å². The van der Waals surface area contributed by atoms with Crippen LogP contribution in [0.4, 0.5) is 0 Å². The molecule has 0 aromatic rings. The standard InChI is InChI=1S/Co.2Li.Ni.O.2H. The summed E-state index contributed by atoms with van der Waals surface area (Å²) in [5.74, 6) is 0. The van der Waals surface area contributed by atoms with E-state index in [1.807, 2.05) is 0 Å². The molecular formula is H2CoLi2NiO. The van der Waals surface area contributed by atoms with E-state index in [0.29, 0.717) is 0 Å². The van der Waals surface area contributed by atoms with Gasteiger partial charge in [0.2, 0.25) is 0 Å². The zero-order valence-electron chi connectivity index (χ0n) is 1.06. The Kier molecular flexibility index (Phi) is 211. The van der Waals surface area contributed by atoms with Crippen molar-refractivity contribution in [3.63, 3.8) is 0 Å². The Hall–Kier alpha value is 1.99. The molecule has 0 unspecified atom stereocenters. The summed E-state index contributed by atoms with van der Waals surface area (Å²) in [4.78, 5) is 0. The van der Waals surface area contributed by atoms with E-state index in [4.69, 9.17) is 3.87 Å². The first kappa shape index (κ1) is 28.0. The van der Waals surface area contributed by atoms with Gasteiger partial charge in [-0.1, -0.05) is 0 Å². The predicted octanol–water partition coefficient (Wildman–Crippen LogP) is -1.42. The monoisotopic (exact) mass is 149 g/mol. The maximum absolute atomic E-state index is 7.94. The van der Waals surface area contributed by atoms with E-state index in [2.05, 4.69) is 15.7 Å². The first-order valence-electron chi connectivity index (χ1n) is 0.136. The van der Waals surface area contributed by atoms with Crippen LogP contribution in [0.25, 0.3) is 0 Å². The summed E-state index contributed by atoms with van der Waals surface area (Å²) in [6.45, 7) is 0. The van der Waals surface area contributed by atoms with Gasteiger partial charge in [-0.15, -0.1) is 0 Å². The molecule has 0 aliphatic heterocycles. The first-order valence-corrected chi connectivity index (χ1v) is 0.561. The summed E-state index contributed by atoms with van der Waals surface area (Å²) in [6.07, 6.45) is 0. The summed E-state index contributed by atoms with van der Waals surface area (Å²) in [6, 6.07) is 0. The van der Waals surface area contributed by atoms with Crippen molar-refractivity contribution in [1.29, 1.82) is 0 Å². The Morgan fingerprint density at radius 2 is 1.00 bits per heavy atom. The molecule has 29 valence electrons. The third-order valence-corrected chi connectivity index (χ3v) is 0. The van der Waals surface area contributed by atoms with E-state index in [1.165, 1.54) is 0 Å². The molecule has 5 heavy (non-hydrogen) atoms. The van der Waals surface area contributed by atoms with Gasteiger partial charge >= 0.3 is 57.3 Å². The normalized spacial score (nSPS) is 1.00. The van der Waals surface area contributed by atoms with Crippen LogP contribution in [0.1, 0.15) is 0 Å². The second kappa shape index (κ2) is 37.6. The number of hydrogen-bond donors (Lipinski definition) is 0. The Balaban J connectivity index is -0.00000000167. The predicted molar refractivity (Wildman–Crippen MR) is 15.0 cm³/mol. The molecule has 0 bridgehead atoms. The first-order chi connectivity index (χ1) is 1.00. The van der Waals surface area contributed by atoms with Crippen molar-refractivity contribution in [3.8, 4) is 0 Å². The van der Waals surface area contributed by atoms with Crippen molar-refractivity contribution in [1.82, 2.24) is 0 Å². The fourth-order valence-corrected chi connectivity index (χ4v) is 0. The van der Waals surface area contributed by atoms with Gasteiger partial charge < -0.3 is 0 Å².